The predicted molar refractivity (Wildman–Crippen MR) is 65.0 cm³/mol. The van der Waals surface area contributed by atoms with Crippen molar-refractivity contribution in [3.8, 4) is 6.07 Å². The molecule has 0 aromatic heterocycles. The number of amides is 1. The average Bonchev–Trinajstić information content (AvgIpc) is 2.36. The van der Waals surface area contributed by atoms with Crippen molar-refractivity contribution in [2.75, 3.05) is 13.1 Å². The van der Waals surface area contributed by atoms with Gasteiger partial charge in [-0.15, -0.1) is 0 Å². The van der Waals surface area contributed by atoms with E-state index in [2.05, 4.69) is 0 Å². The molecular formula is C13H14N2O3. The van der Waals surface area contributed by atoms with Gasteiger partial charge >= 0.3 is 5.97 Å². The third kappa shape index (κ3) is 3.59. The van der Waals surface area contributed by atoms with E-state index in [9.17, 15) is 9.59 Å². The Bertz CT molecular complexity index is 474. The fraction of sp³-hybridized carbons (Fsp3) is 0.308. The third-order valence-corrected chi connectivity index (χ3v) is 2.48. The molecule has 5 nitrogen and oxygen atoms in total. The van der Waals surface area contributed by atoms with E-state index in [1.165, 1.54) is 4.90 Å². The number of carboxylic acids is 1. The highest BCUT2D eigenvalue weighted by molar-refractivity contribution is 5.95. The van der Waals surface area contributed by atoms with Crippen molar-refractivity contribution in [2.24, 2.45) is 0 Å². The van der Waals surface area contributed by atoms with E-state index in [0.29, 0.717) is 18.5 Å². The topological polar surface area (TPSA) is 81.4 Å². The molecule has 0 saturated carbocycles. The smallest absolute Gasteiger partial charge is 0.323 e. The Morgan fingerprint density at radius 3 is 2.39 bits per heavy atom. The van der Waals surface area contributed by atoms with Crippen molar-refractivity contribution in [1.29, 1.82) is 5.26 Å². The van der Waals surface area contributed by atoms with Gasteiger partial charge in [0.15, 0.2) is 0 Å². The van der Waals surface area contributed by atoms with Gasteiger partial charge in [0, 0.05) is 12.1 Å². The molecule has 0 aliphatic heterocycles. The number of rotatable bonds is 5. The summed E-state index contributed by atoms with van der Waals surface area (Å²) in [6, 6.07) is 8.64. The number of aliphatic carboxylic acids is 1. The zero-order valence-electron chi connectivity index (χ0n) is 10.1. The molecule has 0 spiro atoms. The van der Waals surface area contributed by atoms with Crippen molar-refractivity contribution in [2.45, 2.75) is 13.3 Å². The van der Waals surface area contributed by atoms with Gasteiger partial charge in [-0.2, -0.15) is 5.26 Å². The van der Waals surface area contributed by atoms with E-state index in [1.807, 2.05) is 6.07 Å². The molecular weight excluding hydrogens is 232 g/mol. The van der Waals surface area contributed by atoms with Crippen LogP contribution in [0.4, 0.5) is 0 Å². The van der Waals surface area contributed by atoms with Crippen molar-refractivity contribution in [1.82, 2.24) is 4.90 Å². The highest BCUT2D eigenvalue weighted by atomic mass is 16.4. The van der Waals surface area contributed by atoms with E-state index >= 15 is 0 Å². The summed E-state index contributed by atoms with van der Waals surface area (Å²) < 4.78 is 0. The van der Waals surface area contributed by atoms with Crippen LogP contribution in [0.1, 0.15) is 22.8 Å². The standard InChI is InChI=1S/C13H14N2O3/c1-2-15(9-12(16)17)13(18)11-5-3-10(4-6-11)7-8-14/h3-6H,2,7,9H2,1H3,(H,16,17). The molecule has 0 aliphatic carbocycles. The minimum absolute atomic E-state index is 0.293. The van der Waals surface area contributed by atoms with Gasteiger partial charge in [0.05, 0.1) is 12.5 Å². The van der Waals surface area contributed by atoms with Crippen LogP contribution in [-0.2, 0) is 11.2 Å². The maximum atomic E-state index is 12.0. The van der Waals surface area contributed by atoms with Crippen LogP contribution in [0, 0.1) is 11.3 Å². The number of carbonyl (C=O) groups excluding carboxylic acids is 1. The maximum absolute atomic E-state index is 12.0. The number of hydrogen-bond acceptors (Lipinski definition) is 3. The van der Waals surface area contributed by atoms with E-state index in [-0.39, 0.29) is 12.5 Å². The van der Waals surface area contributed by atoms with Gasteiger partial charge in [-0.1, -0.05) is 12.1 Å². The van der Waals surface area contributed by atoms with Gasteiger partial charge in [-0.3, -0.25) is 9.59 Å². The molecule has 1 N–H and O–H groups in total. The normalized spacial score (nSPS) is 9.56. The van der Waals surface area contributed by atoms with Crippen LogP contribution in [0.25, 0.3) is 0 Å². The number of hydrogen-bond donors (Lipinski definition) is 1. The Morgan fingerprint density at radius 2 is 1.94 bits per heavy atom. The molecule has 94 valence electrons. The zero-order valence-corrected chi connectivity index (χ0v) is 10.1. The average molecular weight is 246 g/mol. The summed E-state index contributed by atoms with van der Waals surface area (Å²) in [5.41, 5.74) is 1.26. The number of carbonyl (C=O) groups is 2. The molecule has 18 heavy (non-hydrogen) atoms. The second-order valence-corrected chi connectivity index (χ2v) is 3.74. The first-order valence-corrected chi connectivity index (χ1v) is 5.55. The summed E-state index contributed by atoms with van der Waals surface area (Å²) >= 11 is 0. The number of benzene rings is 1. The molecule has 1 rings (SSSR count). The van der Waals surface area contributed by atoms with Gasteiger partial charge < -0.3 is 10.0 Å². The van der Waals surface area contributed by atoms with E-state index in [1.54, 1.807) is 31.2 Å². The van der Waals surface area contributed by atoms with Gasteiger partial charge in [0.2, 0.25) is 0 Å². The summed E-state index contributed by atoms with van der Waals surface area (Å²) in [5.74, 6) is -1.35. The minimum atomic E-state index is -1.04. The summed E-state index contributed by atoms with van der Waals surface area (Å²) in [4.78, 5) is 23.8. The van der Waals surface area contributed by atoms with Gasteiger partial charge in [-0.25, -0.2) is 0 Å². The molecule has 5 heteroatoms. The van der Waals surface area contributed by atoms with Gasteiger partial charge in [-0.05, 0) is 24.6 Å². The summed E-state index contributed by atoms with van der Waals surface area (Å²) in [5, 5.41) is 17.2. The third-order valence-electron chi connectivity index (χ3n) is 2.48. The van der Waals surface area contributed by atoms with Crippen molar-refractivity contribution < 1.29 is 14.7 Å². The van der Waals surface area contributed by atoms with Crippen molar-refractivity contribution in [3.05, 3.63) is 35.4 Å². The SMILES string of the molecule is CCN(CC(=O)O)C(=O)c1ccc(CC#N)cc1. The quantitative estimate of drug-likeness (QED) is 0.849. The van der Waals surface area contributed by atoms with Crippen molar-refractivity contribution >= 4 is 11.9 Å². The fourth-order valence-corrected chi connectivity index (χ4v) is 1.53. The Kier molecular flexibility index (Phi) is 4.88. The van der Waals surface area contributed by atoms with Crippen LogP contribution in [-0.4, -0.2) is 35.0 Å². The Hall–Kier alpha value is -2.35. The largest absolute Gasteiger partial charge is 0.480 e. The molecule has 0 aliphatic rings. The number of nitriles is 1. The highest BCUT2D eigenvalue weighted by Gasteiger charge is 2.16. The minimum Gasteiger partial charge on any atom is -0.480 e. The molecule has 0 radical (unpaired) electrons. The Morgan fingerprint density at radius 1 is 1.33 bits per heavy atom. The van der Waals surface area contributed by atoms with Crippen LogP contribution >= 0.6 is 0 Å². The number of likely N-dealkylation sites (N-methyl/N-ethyl adjacent to an activating group) is 1. The summed E-state index contributed by atoms with van der Waals surface area (Å²) in [7, 11) is 0. The van der Waals surface area contributed by atoms with Crippen LogP contribution in [0.5, 0.6) is 0 Å². The van der Waals surface area contributed by atoms with Crippen LogP contribution < -0.4 is 0 Å². The monoisotopic (exact) mass is 246 g/mol. The first kappa shape index (κ1) is 13.7. The second kappa shape index (κ2) is 6.40. The lowest BCUT2D eigenvalue weighted by atomic mass is 10.1. The van der Waals surface area contributed by atoms with E-state index in [4.69, 9.17) is 10.4 Å². The lowest BCUT2D eigenvalue weighted by Gasteiger charge is -2.18. The van der Waals surface area contributed by atoms with Crippen LogP contribution in [0.3, 0.4) is 0 Å². The molecule has 1 aromatic rings. The molecule has 0 fully saturated rings. The molecule has 1 aromatic carbocycles. The second-order valence-electron chi connectivity index (χ2n) is 3.74. The predicted octanol–water partition coefficient (Wildman–Crippen LogP) is 1.30. The van der Waals surface area contributed by atoms with E-state index in [0.717, 1.165) is 5.56 Å². The fourth-order valence-electron chi connectivity index (χ4n) is 1.53. The van der Waals surface area contributed by atoms with Crippen LogP contribution in [0.2, 0.25) is 0 Å². The van der Waals surface area contributed by atoms with E-state index < -0.39 is 5.97 Å². The highest BCUT2D eigenvalue weighted by Crippen LogP contribution is 2.08. The molecule has 0 unspecified atom stereocenters. The zero-order chi connectivity index (χ0) is 13.5. The lowest BCUT2D eigenvalue weighted by Crippen LogP contribution is -2.35. The molecule has 0 heterocycles. The number of carboxylic acid groups (broad SMARTS) is 1. The van der Waals surface area contributed by atoms with Gasteiger partial charge in [0.1, 0.15) is 6.54 Å². The van der Waals surface area contributed by atoms with Gasteiger partial charge in [0.25, 0.3) is 5.91 Å². The Balaban J connectivity index is 2.82. The lowest BCUT2D eigenvalue weighted by molar-refractivity contribution is -0.137. The number of nitrogens with zero attached hydrogens (tertiary/aromatic N) is 2. The molecule has 0 atom stereocenters. The Labute approximate surface area is 105 Å². The maximum Gasteiger partial charge on any atom is 0.323 e. The first-order valence-electron chi connectivity index (χ1n) is 5.55. The summed E-state index contributed by atoms with van der Waals surface area (Å²) in [6.45, 7) is 1.76. The van der Waals surface area contributed by atoms with Crippen molar-refractivity contribution in [3.63, 3.8) is 0 Å². The first-order chi connectivity index (χ1) is 8.58. The molecule has 0 saturated heterocycles. The summed E-state index contributed by atoms with van der Waals surface area (Å²) in [6.07, 6.45) is 0.293. The molecule has 1 amide bonds. The molecule has 0 bridgehead atoms. The van der Waals surface area contributed by atoms with Crippen LogP contribution in [0.15, 0.2) is 24.3 Å².